The summed E-state index contributed by atoms with van der Waals surface area (Å²) in [6.07, 6.45) is 3.78. The van der Waals surface area contributed by atoms with Gasteiger partial charge in [0, 0.05) is 56.9 Å². The van der Waals surface area contributed by atoms with E-state index in [1.165, 1.54) is 7.11 Å². The van der Waals surface area contributed by atoms with Crippen molar-refractivity contribution in [3.05, 3.63) is 58.7 Å². The van der Waals surface area contributed by atoms with Gasteiger partial charge in [0.25, 0.3) is 5.91 Å². The summed E-state index contributed by atoms with van der Waals surface area (Å²) in [6, 6.07) is 11.3. The number of esters is 1. The van der Waals surface area contributed by atoms with Crippen molar-refractivity contribution in [2.45, 2.75) is 89.4 Å². The van der Waals surface area contributed by atoms with E-state index in [0.717, 1.165) is 55.5 Å². The number of hydrogen-bond donors (Lipinski definition) is 2. The molecule has 2 aromatic rings. The third-order valence-corrected chi connectivity index (χ3v) is 10.8. The summed E-state index contributed by atoms with van der Waals surface area (Å²) in [5, 5.41) is 13.4. The first-order valence-electron chi connectivity index (χ1n) is 17.7. The lowest BCUT2D eigenvalue weighted by Crippen LogP contribution is -2.53. The van der Waals surface area contributed by atoms with Crippen LogP contribution in [0.2, 0.25) is 0 Å². The first kappa shape index (κ1) is 34.5. The minimum Gasteiger partial charge on any atom is -0.507 e. The minimum absolute atomic E-state index is 0.00517. The molecule has 2 atom stereocenters. The van der Waals surface area contributed by atoms with Crippen LogP contribution in [0.25, 0.3) is 0 Å². The molecule has 12 heteroatoms. The Balaban J connectivity index is 1.09. The van der Waals surface area contributed by atoms with Crippen LogP contribution in [0.1, 0.15) is 60.8 Å². The van der Waals surface area contributed by atoms with Gasteiger partial charge in [-0.1, -0.05) is 30.3 Å². The number of anilines is 1. The minimum atomic E-state index is -1.03. The number of carbonyl (C=O) groups excluding carboxylic acids is 4. The maximum Gasteiger partial charge on any atom is 0.410 e. The Kier molecular flexibility index (Phi) is 10.6. The van der Waals surface area contributed by atoms with Gasteiger partial charge in [-0.3, -0.25) is 14.5 Å². The summed E-state index contributed by atoms with van der Waals surface area (Å²) in [6.45, 7) is 6.91. The molecule has 6 rings (SSSR count). The summed E-state index contributed by atoms with van der Waals surface area (Å²) < 4.78 is 11.1. The molecule has 3 fully saturated rings. The van der Waals surface area contributed by atoms with Crippen molar-refractivity contribution in [3.8, 4) is 5.75 Å². The second-order valence-corrected chi connectivity index (χ2v) is 13.9. The molecule has 0 bridgehead atoms. The van der Waals surface area contributed by atoms with E-state index in [0.29, 0.717) is 56.7 Å². The number of aromatic hydroxyl groups is 1. The number of phenols is 1. The van der Waals surface area contributed by atoms with Crippen molar-refractivity contribution in [1.82, 2.24) is 19.6 Å². The summed E-state index contributed by atoms with van der Waals surface area (Å²) in [7, 11) is 1.42. The summed E-state index contributed by atoms with van der Waals surface area (Å²) in [5.41, 5.74) is 4.15. The first-order valence-corrected chi connectivity index (χ1v) is 17.7. The molecule has 0 spiro atoms. The summed E-state index contributed by atoms with van der Waals surface area (Å²) in [5.74, 6) is -0.230. The lowest BCUT2D eigenvalue weighted by Gasteiger charge is -2.40. The number of hydrogen-bond acceptors (Lipinski definition) is 8. The Morgan fingerprint density at radius 3 is 2.24 bits per heavy atom. The predicted molar refractivity (Wildman–Crippen MR) is 183 cm³/mol. The molecular formula is C37H49N5O7. The van der Waals surface area contributed by atoms with E-state index in [1.807, 2.05) is 55.1 Å². The lowest BCUT2D eigenvalue weighted by atomic mass is 9.98. The van der Waals surface area contributed by atoms with Crippen molar-refractivity contribution < 1.29 is 33.8 Å². The number of nitrogens with one attached hydrogen (secondary N) is 1. The number of rotatable bonds is 7. The molecule has 0 aromatic heterocycles. The summed E-state index contributed by atoms with van der Waals surface area (Å²) >= 11 is 0. The van der Waals surface area contributed by atoms with Gasteiger partial charge in [0.1, 0.15) is 11.8 Å². The Morgan fingerprint density at radius 1 is 0.898 bits per heavy atom. The fraction of sp³-hybridized carbons (Fsp3) is 0.568. The molecule has 2 aromatic carbocycles. The van der Waals surface area contributed by atoms with E-state index < -0.39 is 12.2 Å². The van der Waals surface area contributed by atoms with E-state index in [2.05, 4.69) is 10.2 Å². The number of urea groups is 1. The molecule has 1 unspecified atom stereocenters. The standard InChI is InChI=1S/C37H49N5O7/c1-24-21-26(22-25(2)33(24)43)23-32(34(44)39-16-11-28(12-17-39)41-15-6-9-31(41)35(45)48-3)49-37(47)40-18-13-29(14-19-40)42-20-10-27-7-4-5-8-30(27)38-36(42)46/h4-5,7-8,21-22,28-29,31-32,43H,6,9-20,23H2,1-3H3,(H,38,46)/t31?,32-/m1/s1. The second-order valence-electron chi connectivity index (χ2n) is 13.9. The van der Waals surface area contributed by atoms with Gasteiger partial charge in [0.15, 0.2) is 6.10 Å². The van der Waals surface area contributed by atoms with Crippen LogP contribution >= 0.6 is 0 Å². The van der Waals surface area contributed by atoms with Crippen LogP contribution in [0.5, 0.6) is 5.75 Å². The number of fused-ring (bicyclic) bond motifs is 1. The van der Waals surface area contributed by atoms with Crippen LogP contribution in [0, 0.1) is 13.8 Å². The highest BCUT2D eigenvalue weighted by molar-refractivity contribution is 5.91. The van der Waals surface area contributed by atoms with E-state index in [4.69, 9.17) is 9.47 Å². The molecule has 0 aliphatic carbocycles. The number of phenolic OH excluding ortho intramolecular Hbond substituents is 1. The van der Waals surface area contributed by atoms with Gasteiger partial charge in [-0.2, -0.15) is 0 Å². The molecule has 2 N–H and O–H groups in total. The average Bonchev–Trinajstić information content (AvgIpc) is 3.54. The van der Waals surface area contributed by atoms with Crippen LogP contribution in [0.3, 0.4) is 0 Å². The zero-order chi connectivity index (χ0) is 34.7. The van der Waals surface area contributed by atoms with E-state index >= 15 is 0 Å². The normalized spacial score (nSPS) is 21.5. The molecule has 12 nitrogen and oxygen atoms in total. The Morgan fingerprint density at radius 2 is 1.55 bits per heavy atom. The van der Waals surface area contributed by atoms with Crippen molar-refractivity contribution >= 4 is 29.7 Å². The Bertz CT molecular complexity index is 1530. The third-order valence-electron chi connectivity index (χ3n) is 10.8. The van der Waals surface area contributed by atoms with E-state index in [9.17, 15) is 24.3 Å². The number of ether oxygens (including phenoxy) is 2. The smallest absolute Gasteiger partial charge is 0.410 e. The number of methoxy groups -OCH3 is 1. The van der Waals surface area contributed by atoms with Gasteiger partial charge >= 0.3 is 18.1 Å². The van der Waals surface area contributed by atoms with Gasteiger partial charge in [-0.25, -0.2) is 9.59 Å². The van der Waals surface area contributed by atoms with Crippen molar-refractivity contribution in [2.24, 2.45) is 0 Å². The quantitative estimate of drug-likeness (QED) is 0.417. The zero-order valence-electron chi connectivity index (χ0n) is 28.9. The maximum atomic E-state index is 14.1. The fourth-order valence-corrected chi connectivity index (χ4v) is 8.09. The van der Waals surface area contributed by atoms with Gasteiger partial charge in [0.2, 0.25) is 0 Å². The number of carbonyl (C=O) groups is 4. The molecule has 3 saturated heterocycles. The number of amides is 4. The number of nitrogens with zero attached hydrogens (tertiary/aromatic N) is 4. The lowest BCUT2D eigenvalue weighted by molar-refractivity contribution is -0.148. The zero-order valence-corrected chi connectivity index (χ0v) is 28.9. The molecule has 0 saturated carbocycles. The average molecular weight is 676 g/mol. The number of benzene rings is 2. The van der Waals surface area contributed by atoms with Crippen LogP contribution < -0.4 is 5.32 Å². The molecule has 4 amide bonds. The predicted octanol–water partition coefficient (Wildman–Crippen LogP) is 4.24. The molecule has 49 heavy (non-hydrogen) atoms. The molecule has 0 radical (unpaired) electrons. The highest BCUT2D eigenvalue weighted by atomic mass is 16.6. The number of para-hydroxylation sites is 1. The molecule has 4 heterocycles. The van der Waals surface area contributed by atoms with Crippen molar-refractivity contribution in [1.29, 1.82) is 0 Å². The van der Waals surface area contributed by atoms with Crippen LogP contribution in [-0.4, -0.2) is 119 Å². The monoisotopic (exact) mass is 675 g/mol. The second kappa shape index (κ2) is 15.1. The fourth-order valence-electron chi connectivity index (χ4n) is 8.09. The highest BCUT2D eigenvalue weighted by Crippen LogP contribution is 2.29. The third kappa shape index (κ3) is 7.64. The van der Waals surface area contributed by atoms with Crippen LogP contribution in [0.4, 0.5) is 15.3 Å². The summed E-state index contributed by atoms with van der Waals surface area (Å²) in [4.78, 5) is 60.7. The van der Waals surface area contributed by atoms with Crippen LogP contribution in [0.15, 0.2) is 36.4 Å². The first-order chi connectivity index (χ1) is 23.6. The maximum absolute atomic E-state index is 14.1. The van der Waals surface area contributed by atoms with E-state index in [-0.39, 0.29) is 48.2 Å². The molecule has 4 aliphatic rings. The number of aryl methyl sites for hydroxylation is 2. The number of piperidine rings is 2. The molecule has 264 valence electrons. The van der Waals surface area contributed by atoms with Gasteiger partial charge in [0.05, 0.1) is 7.11 Å². The van der Waals surface area contributed by atoms with Gasteiger partial charge in [-0.05, 0) is 93.7 Å². The van der Waals surface area contributed by atoms with Gasteiger partial charge < -0.3 is 34.6 Å². The van der Waals surface area contributed by atoms with Crippen LogP contribution in [-0.2, 0) is 31.9 Å². The molecule has 4 aliphatic heterocycles. The largest absolute Gasteiger partial charge is 0.507 e. The Labute approximate surface area is 288 Å². The molecular weight excluding hydrogens is 626 g/mol. The topological polar surface area (TPSA) is 132 Å². The Hall–Kier alpha value is -4.32. The highest BCUT2D eigenvalue weighted by Gasteiger charge is 2.40. The SMILES string of the molecule is COC(=O)C1CCCN1C1CCN(C(=O)[C@@H](Cc2cc(C)c(O)c(C)c2)OC(=O)N2CCC(N3CCc4ccccc4NC3=O)CC2)CC1. The van der Waals surface area contributed by atoms with Crippen molar-refractivity contribution in [2.75, 3.05) is 51.7 Å². The number of likely N-dealkylation sites (tertiary alicyclic amines) is 3. The van der Waals surface area contributed by atoms with Crippen molar-refractivity contribution in [3.63, 3.8) is 0 Å². The van der Waals surface area contributed by atoms with Gasteiger partial charge in [-0.15, -0.1) is 0 Å². The van der Waals surface area contributed by atoms with E-state index in [1.54, 1.807) is 9.80 Å².